The molecular formula is C14H18N2O2. The first kappa shape index (κ1) is 11.5. The highest BCUT2D eigenvalue weighted by Crippen LogP contribution is 2.38. The lowest BCUT2D eigenvalue weighted by Gasteiger charge is -2.34. The van der Waals surface area contributed by atoms with Crippen LogP contribution in [0.3, 0.4) is 0 Å². The largest absolute Gasteiger partial charge is 0.474 e. The summed E-state index contributed by atoms with van der Waals surface area (Å²) in [5.41, 5.74) is 1.18. The van der Waals surface area contributed by atoms with E-state index in [1.807, 2.05) is 25.1 Å². The van der Waals surface area contributed by atoms with Gasteiger partial charge < -0.3 is 15.4 Å². The summed E-state index contributed by atoms with van der Waals surface area (Å²) in [7, 11) is 0. The molecule has 0 radical (unpaired) electrons. The lowest BCUT2D eigenvalue weighted by atomic mass is 9.95. The molecule has 0 aromatic heterocycles. The normalized spacial score (nSPS) is 29.9. The predicted octanol–water partition coefficient (Wildman–Crippen LogP) is 1.84. The van der Waals surface area contributed by atoms with Crippen molar-refractivity contribution in [3.63, 3.8) is 0 Å². The zero-order valence-corrected chi connectivity index (χ0v) is 10.7. The van der Waals surface area contributed by atoms with Gasteiger partial charge in [-0.25, -0.2) is 0 Å². The minimum absolute atomic E-state index is 0.0240. The standard InChI is InChI=1S/C14H18N2O2/c1-3-10-7-14(8-15-10)13(17)16-11-6-9(2)4-5-12(11)18-14/h4-6,10,15H,3,7-8H2,1-2H3,(H,16,17). The Morgan fingerprint density at radius 3 is 3.06 bits per heavy atom. The molecule has 2 atom stereocenters. The molecule has 1 spiro atoms. The van der Waals surface area contributed by atoms with Gasteiger partial charge in [0.05, 0.1) is 5.69 Å². The number of nitrogens with one attached hydrogen (secondary N) is 2. The van der Waals surface area contributed by atoms with Crippen LogP contribution in [0.4, 0.5) is 5.69 Å². The van der Waals surface area contributed by atoms with Crippen molar-refractivity contribution >= 4 is 11.6 Å². The molecule has 0 aliphatic carbocycles. The van der Waals surface area contributed by atoms with E-state index in [1.54, 1.807) is 0 Å². The summed E-state index contributed by atoms with van der Waals surface area (Å²) in [6, 6.07) is 6.25. The van der Waals surface area contributed by atoms with Crippen LogP contribution in [-0.4, -0.2) is 24.1 Å². The van der Waals surface area contributed by atoms with Crippen molar-refractivity contribution in [3.8, 4) is 5.75 Å². The molecule has 1 saturated heterocycles. The van der Waals surface area contributed by atoms with Crippen molar-refractivity contribution < 1.29 is 9.53 Å². The third-order valence-electron chi connectivity index (χ3n) is 3.85. The maximum absolute atomic E-state index is 12.3. The highest BCUT2D eigenvalue weighted by molar-refractivity contribution is 6.01. The number of rotatable bonds is 1. The summed E-state index contributed by atoms with van der Waals surface area (Å²) < 4.78 is 6.01. The third-order valence-corrected chi connectivity index (χ3v) is 3.85. The van der Waals surface area contributed by atoms with E-state index >= 15 is 0 Å². The number of hydrogen-bond acceptors (Lipinski definition) is 3. The Morgan fingerprint density at radius 1 is 1.50 bits per heavy atom. The molecule has 96 valence electrons. The van der Waals surface area contributed by atoms with Gasteiger partial charge in [-0.3, -0.25) is 4.79 Å². The van der Waals surface area contributed by atoms with E-state index in [0.29, 0.717) is 12.6 Å². The lowest BCUT2D eigenvalue weighted by molar-refractivity contribution is -0.131. The Morgan fingerprint density at radius 2 is 2.33 bits per heavy atom. The number of carbonyl (C=O) groups excluding carboxylic acids is 1. The van der Waals surface area contributed by atoms with Gasteiger partial charge in [-0.2, -0.15) is 0 Å². The van der Waals surface area contributed by atoms with Crippen molar-refractivity contribution in [2.24, 2.45) is 0 Å². The average Bonchev–Trinajstić information content (AvgIpc) is 2.76. The molecule has 1 fully saturated rings. The molecule has 2 unspecified atom stereocenters. The van der Waals surface area contributed by atoms with E-state index in [9.17, 15) is 4.79 Å². The summed E-state index contributed by atoms with van der Waals surface area (Å²) in [6.07, 6.45) is 1.75. The first-order valence-corrected chi connectivity index (χ1v) is 6.47. The van der Waals surface area contributed by atoms with Gasteiger partial charge in [0.1, 0.15) is 5.75 Å². The van der Waals surface area contributed by atoms with Crippen molar-refractivity contribution in [1.82, 2.24) is 5.32 Å². The minimum atomic E-state index is -0.719. The number of amides is 1. The maximum atomic E-state index is 12.3. The van der Waals surface area contributed by atoms with Gasteiger partial charge in [-0.15, -0.1) is 0 Å². The van der Waals surface area contributed by atoms with Crippen molar-refractivity contribution in [3.05, 3.63) is 23.8 Å². The maximum Gasteiger partial charge on any atom is 0.270 e. The molecule has 2 N–H and O–H groups in total. The van der Waals surface area contributed by atoms with E-state index in [2.05, 4.69) is 17.6 Å². The predicted molar refractivity (Wildman–Crippen MR) is 69.9 cm³/mol. The Balaban J connectivity index is 1.93. The molecule has 1 amide bonds. The SMILES string of the molecule is CCC1CC2(CN1)Oc1ccc(C)cc1NC2=O. The lowest BCUT2D eigenvalue weighted by Crippen LogP contribution is -2.52. The van der Waals surface area contributed by atoms with Crippen LogP contribution in [0, 0.1) is 6.92 Å². The molecule has 0 saturated carbocycles. The van der Waals surface area contributed by atoms with Crippen LogP contribution in [0.5, 0.6) is 5.75 Å². The molecule has 1 aromatic carbocycles. The van der Waals surface area contributed by atoms with Crippen molar-refractivity contribution in [2.75, 3.05) is 11.9 Å². The van der Waals surface area contributed by atoms with Crippen molar-refractivity contribution in [2.45, 2.75) is 38.3 Å². The zero-order valence-electron chi connectivity index (χ0n) is 10.7. The van der Waals surface area contributed by atoms with E-state index in [0.717, 1.165) is 29.8 Å². The summed E-state index contributed by atoms with van der Waals surface area (Å²) >= 11 is 0. The quantitative estimate of drug-likeness (QED) is 0.795. The molecule has 4 nitrogen and oxygen atoms in total. The van der Waals surface area contributed by atoms with E-state index in [1.165, 1.54) is 0 Å². The molecule has 18 heavy (non-hydrogen) atoms. The van der Waals surface area contributed by atoms with E-state index in [4.69, 9.17) is 4.74 Å². The van der Waals surface area contributed by atoms with Gasteiger partial charge >= 0.3 is 0 Å². The second kappa shape index (κ2) is 3.99. The van der Waals surface area contributed by atoms with Crippen LogP contribution in [0.15, 0.2) is 18.2 Å². The minimum Gasteiger partial charge on any atom is -0.474 e. The average molecular weight is 246 g/mol. The number of hydrogen-bond donors (Lipinski definition) is 2. The third kappa shape index (κ3) is 1.68. The van der Waals surface area contributed by atoms with Crippen molar-refractivity contribution in [1.29, 1.82) is 0 Å². The van der Waals surface area contributed by atoms with Crippen LogP contribution in [0.25, 0.3) is 0 Å². The molecule has 0 bridgehead atoms. The molecule has 4 heteroatoms. The van der Waals surface area contributed by atoms with Gasteiger partial charge in [-0.1, -0.05) is 13.0 Å². The smallest absolute Gasteiger partial charge is 0.270 e. The second-order valence-corrected chi connectivity index (χ2v) is 5.24. The number of ether oxygens (including phenoxy) is 1. The number of aryl methyl sites for hydroxylation is 1. The fraction of sp³-hybridized carbons (Fsp3) is 0.500. The highest BCUT2D eigenvalue weighted by Gasteiger charge is 2.49. The monoisotopic (exact) mass is 246 g/mol. The molecular weight excluding hydrogens is 228 g/mol. The summed E-state index contributed by atoms with van der Waals surface area (Å²) in [4.78, 5) is 12.3. The number of benzene rings is 1. The van der Waals surface area contributed by atoms with E-state index < -0.39 is 5.60 Å². The van der Waals surface area contributed by atoms with Gasteiger partial charge in [0.25, 0.3) is 5.91 Å². The van der Waals surface area contributed by atoms with Crippen LogP contribution in [0.1, 0.15) is 25.3 Å². The first-order valence-electron chi connectivity index (χ1n) is 6.47. The molecule has 2 heterocycles. The van der Waals surface area contributed by atoms with Crippen LogP contribution in [-0.2, 0) is 4.79 Å². The number of carbonyl (C=O) groups is 1. The second-order valence-electron chi connectivity index (χ2n) is 5.24. The van der Waals surface area contributed by atoms with Gasteiger partial charge in [0, 0.05) is 19.0 Å². The van der Waals surface area contributed by atoms with Gasteiger partial charge in [0.2, 0.25) is 5.60 Å². The Labute approximate surface area is 107 Å². The highest BCUT2D eigenvalue weighted by atomic mass is 16.5. The van der Waals surface area contributed by atoms with Gasteiger partial charge in [0.15, 0.2) is 0 Å². The Kier molecular flexibility index (Phi) is 2.55. The van der Waals surface area contributed by atoms with Crippen LogP contribution < -0.4 is 15.4 Å². The van der Waals surface area contributed by atoms with E-state index in [-0.39, 0.29) is 5.91 Å². The van der Waals surface area contributed by atoms with Crippen LogP contribution in [0.2, 0.25) is 0 Å². The molecule has 2 aliphatic rings. The number of fused-ring (bicyclic) bond motifs is 1. The number of anilines is 1. The topological polar surface area (TPSA) is 50.4 Å². The van der Waals surface area contributed by atoms with Crippen LogP contribution >= 0.6 is 0 Å². The Bertz CT molecular complexity index is 501. The fourth-order valence-electron chi connectivity index (χ4n) is 2.71. The Hall–Kier alpha value is -1.55. The molecule has 2 aliphatic heterocycles. The molecule has 1 aromatic rings. The summed E-state index contributed by atoms with van der Waals surface area (Å²) in [5.74, 6) is 0.753. The molecule has 3 rings (SSSR count). The summed E-state index contributed by atoms with van der Waals surface area (Å²) in [6.45, 7) is 4.71. The fourth-order valence-corrected chi connectivity index (χ4v) is 2.71. The first-order chi connectivity index (χ1) is 8.63. The zero-order chi connectivity index (χ0) is 12.8. The van der Waals surface area contributed by atoms with Gasteiger partial charge in [-0.05, 0) is 31.0 Å². The summed E-state index contributed by atoms with van der Waals surface area (Å²) in [5, 5.41) is 6.33.